The Kier molecular flexibility index (Phi) is 14.8. The summed E-state index contributed by atoms with van der Waals surface area (Å²) < 4.78 is 89.2. The Bertz CT molecular complexity index is 3800. The molecule has 5 fully saturated rings. The SMILES string of the molecule is CC1(C)OB(c2ccc3cc(NS(C)(=O)=O)ccc3c2)OC1(C)C.CC12CC3(C)OC(C)(CC(C)(O1)P3c1ccccc1)O2.COc1c(-c2ccc3cc(NS(C)(=O)=O)ccc3c2)cc(-n2ccc(=O)[nH]c2=O)cc1C(C)(C)C. The number of ether oxygens (including phenoxy) is 4. The molecule has 0 radical (unpaired) electrons. The highest BCUT2D eigenvalue weighted by molar-refractivity contribution is 7.92. The van der Waals surface area contributed by atoms with Gasteiger partial charge in [-0.15, -0.1) is 0 Å². The van der Waals surface area contributed by atoms with Crippen LogP contribution in [-0.2, 0) is 49.0 Å². The van der Waals surface area contributed by atoms with Crippen LogP contribution in [0, 0.1) is 0 Å². The summed E-state index contributed by atoms with van der Waals surface area (Å²) in [5, 5.41) is 4.73. The molecule has 4 unspecified atom stereocenters. The summed E-state index contributed by atoms with van der Waals surface area (Å²) in [4.78, 5) is 26.4. The molecule has 0 amide bonds. The topological polar surface area (TPSA) is 203 Å². The van der Waals surface area contributed by atoms with Crippen molar-refractivity contribution in [3.05, 3.63) is 154 Å². The van der Waals surface area contributed by atoms with Gasteiger partial charge in [0, 0.05) is 47.6 Å². The highest BCUT2D eigenvalue weighted by Crippen LogP contribution is 2.75. The first-order valence-corrected chi connectivity index (χ1v) is 31.1. The predicted molar refractivity (Wildman–Crippen MR) is 317 cm³/mol. The number of aromatic nitrogens is 2. The second kappa shape index (κ2) is 20.3. The summed E-state index contributed by atoms with van der Waals surface area (Å²) in [5.74, 6) is -0.335. The molecule has 79 heavy (non-hydrogen) atoms. The number of aromatic amines is 1. The molecule has 5 saturated heterocycles. The fourth-order valence-corrected chi connectivity index (χ4v) is 16.6. The van der Waals surface area contributed by atoms with Crippen LogP contribution in [0.4, 0.5) is 11.4 Å². The Labute approximate surface area is 464 Å². The van der Waals surface area contributed by atoms with Crippen LogP contribution in [0.3, 0.4) is 0 Å². The fraction of sp³-hybridized carbons (Fsp3) is 0.390. The van der Waals surface area contributed by atoms with Crippen molar-refractivity contribution in [3.63, 3.8) is 0 Å². The molecule has 16 nitrogen and oxygen atoms in total. The number of hydrogen-bond donors (Lipinski definition) is 3. The standard InChI is InChI=1S/C26H27N3O5S.C17H22BNO4S.C16H21O3P/c1-26(2,3)22-15-20(29-11-10-23(30)27-25(29)31)14-21(24(22)34-4)18-7-6-17-13-19(28-35(5,32)33)9-8-16(17)12-18;1-16(2)17(3,4)23-18(22-16)14-8-6-13-11-15(19-24(5,20)21)9-7-12(13)10-14;1-13-10-15(3)19-14(2,17-13)11-16(4,18-13)20(15)12-8-6-5-7-9-12/h6-15,28H,1-5H3,(H,27,30,31);6-11,19H,1-5H3;5-9H,10-11H2,1-4H3. The Morgan fingerprint density at radius 3 is 1.65 bits per heavy atom. The van der Waals surface area contributed by atoms with Gasteiger partial charge >= 0.3 is 12.8 Å². The van der Waals surface area contributed by atoms with E-state index in [1.165, 1.54) is 22.1 Å². The summed E-state index contributed by atoms with van der Waals surface area (Å²) in [6.07, 6.45) is 5.30. The summed E-state index contributed by atoms with van der Waals surface area (Å²) >= 11 is 0. The molecule has 1 aromatic heterocycles. The number of benzene rings is 6. The van der Waals surface area contributed by atoms with Crippen molar-refractivity contribution in [1.29, 1.82) is 0 Å². The minimum atomic E-state index is -3.38. The molecular formula is C59H70BN4O12PS2. The lowest BCUT2D eigenvalue weighted by molar-refractivity contribution is -0.467. The quantitative estimate of drug-likeness (QED) is 0.0913. The number of fused-ring (bicyclic) bond motifs is 2. The second-order valence-corrected chi connectivity index (χ2v) is 30.3. The van der Waals surface area contributed by atoms with Crippen LogP contribution in [-0.4, -0.2) is 86.6 Å². The maximum Gasteiger partial charge on any atom is 0.494 e. The highest BCUT2D eigenvalue weighted by atomic mass is 32.2. The zero-order valence-electron chi connectivity index (χ0n) is 47.2. The van der Waals surface area contributed by atoms with Crippen LogP contribution >= 0.6 is 7.92 Å². The van der Waals surface area contributed by atoms with Crippen LogP contribution in [0.2, 0.25) is 0 Å². The van der Waals surface area contributed by atoms with Gasteiger partial charge in [0.2, 0.25) is 20.0 Å². The molecule has 0 spiro atoms. The molecule has 12 rings (SSSR count). The lowest BCUT2D eigenvalue weighted by atomic mass is 9.78. The van der Waals surface area contributed by atoms with E-state index in [-0.39, 0.29) is 27.3 Å². The van der Waals surface area contributed by atoms with Gasteiger partial charge in [-0.1, -0.05) is 93.6 Å². The maximum atomic E-state index is 12.5. The average Bonchev–Trinajstić information content (AvgIpc) is 3.71. The molecule has 0 aliphatic carbocycles. The maximum absolute atomic E-state index is 12.5. The predicted octanol–water partition coefficient (Wildman–Crippen LogP) is 10.1. The van der Waals surface area contributed by atoms with Crippen molar-refractivity contribution in [2.24, 2.45) is 0 Å². The first kappa shape index (κ1) is 57.8. The third-order valence-electron chi connectivity index (χ3n) is 14.9. The van der Waals surface area contributed by atoms with Gasteiger partial charge in [0.05, 0.1) is 47.2 Å². The first-order valence-electron chi connectivity index (χ1n) is 26.0. The fourth-order valence-electron chi connectivity index (χ4n) is 11.4. The van der Waals surface area contributed by atoms with Gasteiger partial charge in [-0.2, -0.15) is 0 Å². The molecule has 6 heterocycles. The Morgan fingerprint density at radius 2 is 1.14 bits per heavy atom. The van der Waals surface area contributed by atoms with E-state index >= 15 is 0 Å². The molecule has 4 atom stereocenters. The molecule has 5 aliphatic rings. The van der Waals surface area contributed by atoms with E-state index in [1.54, 1.807) is 25.3 Å². The largest absolute Gasteiger partial charge is 0.496 e. The summed E-state index contributed by atoms with van der Waals surface area (Å²) in [6, 6.07) is 38.3. The van der Waals surface area contributed by atoms with Crippen LogP contribution < -0.4 is 36.2 Å². The zero-order chi connectivity index (χ0) is 57.5. The van der Waals surface area contributed by atoms with Gasteiger partial charge in [-0.3, -0.25) is 23.8 Å². The van der Waals surface area contributed by atoms with E-state index < -0.39 is 57.9 Å². The number of anilines is 2. The van der Waals surface area contributed by atoms with Gasteiger partial charge < -0.3 is 28.3 Å². The molecule has 5 aliphatic heterocycles. The van der Waals surface area contributed by atoms with Gasteiger partial charge in [0.15, 0.2) is 11.6 Å². The first-order chi connectivity index (χ1) is 36.6. The van der Waals surface area contributed by atoms with Crippen molar-refractivity contribution in [2.75, 3.05) is 29.1 Å². The summed E-state index contributed by atoms with van der Waals surface area (Å²) in [6.45, 7) is 22.9. The zero-order valence-corrected chi connectivity index (χ0v) is 49.8. The van der Waals surface area contributed by atoms with Crippen LogP contribution in [0.15, 0.2) is 137 Å². The minimum Gasteiger partial charge on any atom is -0.496 e. The number of sulfonamides is 2. The Morgan fingerprint density at radius 1 is 0.633 bits per heavy atom. The van der Waals surface area contributed by atoms with E-state index in [2.05, 4.69) is 93.2 Å². The van der Waals surface area contributed by atoms with E-state index in [9.17, 15) is 26.4 Å². The number of nitrogens with zero attached hydrogens (tertiary/aromatic N) is 1. The van der Waals surface area contributed by atoms with Crippen LogP contribution in [0.25, 0.3) is 38.4 Å². The van der Waals surface area contributed by atoms with Gasteiger partial charge in [0.25, 0.3) is 5.56 Å². The van der Waals surface area contributed by atoms with Crippen molar-refractivity contribution in [3.8, 4) is 22.6 Å². The lowest BCUT2D eigenvalue weighted by Gasteiger charge is -2.69. The van der Waals surface area contributed by atoms with Crippen molar-refractivity contribution >= 4 is 78.8 Å². The molecule has 7 aromatic rings. The molecule has 418 valence electrons. The second-order valence-electron chi connectivity index (χ2n) is 23.7. The van der Waals surface area contributed by atoms with E-state index in [0.717, 1.165) is 69.1 Å². The van der Waals surface area contributed by atoms with Crippen molar-refractivity contribution in [1.82, 2.24) is 9.55 Å². The minimum absolute atomic E-state index is 0.177. The lowest BCUT2D eigenvalue weighted by Crippen LogP contribution is -2.72. The normalized spacial score (nSPS) is 24.8. The van der Waals surface area contributed by atoms with Crippen LogP contribution in [0.1, 0.15) is 94.6 Å². The molecular weight excluding hydrogens is 1060 g/mol. The van der Waals surface area contributed by atoms with Gasteiger partial charge in [-0.05, 0) is 149 Å². The number of nitrogens with one attached hydrogen (secondary N) is 3. The van der Waals surface area contributed by atoms with Gasteiger partial charge in [0.1, 0.15) is 5.75 Å². The van der Waals surface area contributed by atoms with E-state index in [4.69, 9.17) is 28.3 Å². The molecule has 0 saturated carbocycles. The summed E-state index contributed by atoms with van der Waals surface area (Å²) in [7, 11) is -6.01. The Hall–Kier alpha value is -5.89. The van der Waals surface area contributed by atoms with Crippen molar-refractivity contribution < 1.29 is 45.1 Å². The molecule has 4 bridgehead atoms. The van der Waals surface area contributed by atoms with E-state index in [0.29, 0.717) is 22.8 Å². The molecule has 3 N–H and O–H groups in total. The molecule has 20 heteroatoms. The van der Waals surface area contributed by atoms with Crippen molar-refractivity contribution in [2.45, 2.75) is 128 Å². The average molecular weight is 1130 g/mol. The summed E-state index contributed by atoms with van der Waals surface area (Å²) in [5.41, 5.74) is 3.08. The number of methoxy groups -OCH3 is 1. The smallest absolute Gasteiger partial charge is 0.494 e. The van der Waals surface area contributed by atoms with Crippen LogP contribution in [0.5, 0.6) is 5.75 Å². The number of hydrogen-bond acceptors (Lipinski definition) is 12. The van der Waals surface area contributed by atoms with Gasteiger partial charge in [-0.25, -0.2) is 21.6 Å². The van der Waals surface area contributed by atoms with E-state index in [1.807, 2.05) is 94.4 Å². The Balaban J connectivity index is 0.000000150. The number of rotatable bonds is 9. The number of H-pyrrole nitrogens is 1. The monoisotopic (exact) mass is 1130 g/mol. The third-order valence-corrected chi connectivity index (χ3v) is 19.3. The third kappa shape index (κ3) is 12.3. The highest BCUT2D eigenvalue weighted by Gasteiger charge is 2.71. The molecule has 6 aromatic carbocycles.